The molecule has 2 aromatic rings. The van der Waals surface area contributed by atoms with E-state index in [1.54, 1.807) is 23.1 Å². The van der Waals surface area contributed by atoms with Crippen LogP contribution in [0.5, 0.6) is 0 Å². The van der Waals surface area contributed by atoms with Crippen LogP contribution in [0.25, 0.3) is 0 Å². The Morgan fingerprint density at radius 3 is 2.61 bits per heavy atom. The first-order valence-corrected chi connectivity index (χ1v) is 10.8. The molecule has 4 nitrogen and oxygen atoms in total. The summed E-state index contributed by atoms with van der Waals surface area (Å²) >= 11 is 6.13. The van der Waals surface area contributed by atoms with Crippen LogP contribution in [0.2, 0.25) is 0 Å². The maximum Gasteiger partial charge on any atom is 0.399 e. The van der Waals surface area contributed by atoms with Gasteiger partial charge >= 0.3 is 13.3 Å². The van der Waals surface area contributed by atoms with Crippen molar-refractivity contribution in [3.8, 4) is 0 Å². The SMILES string of the molecule is Cc1nc(CSCc2ccc(C(F)(F)P(=O)(O)O)c(Br)c2)cs1. The highest BCUT2D eigenvalue weighted by Crippen LogP contribution is 2.60. The topological polar surface area (TPSA) is 70.4 Å². The molecule has 0 aliphatic heterocycles. The lowest BCUT2D eigenvalue weighted by molar-refractivity contribution is 0.0557. The number of hydrogen-bond acceptors (Lipinski definition) is 4. The summed E-state index contributed by atoms with van der Waals surface area (Å²) in [4.78, 5) is 21.9. The highest BCUT2D eigenvalue weighted by atomic mass is 79.9. The molecule has 0 saturated carbocycles. The molecule has 1 aromatic heterocycles. The molecular weight excluding hydrogens is 431 g/mol. The fourth-order valence-electron chi connectivity index (χ4n) is 1.80. The van der Waals surface area contributed by atoms with Crippen LogP contribution in [0.3, 0.4) is 0 Å². The molecule has 126 valence electrons. The standard InChI is InChI=1S/C13H13BrF2NO3PS2/c1-8-17-10(7-23-8)6-22-5-9-2-3-11(12(14)4-9)13(15,16)21(18,19)20/h2-4,7H,5-6H2,1H3,(H2,18,19,20). The zero-order valence-electron chi connectivity index (χ0n) is 11.9. The number of rotatable bonds is 6. The molecule has 0 fully saturated rings. The Morgan fingerprint density at radius 2 is 2.09 bits per heavy atom. The quantitative estimate of drug-likeness (QED) is 0.622. The van der Waals surface area contributed by atoms with Gasteiger partial charge in [0.1, 0.15) is 0 Å². The Labute approximate surface area is 148 Å². The summed E-state index contributed by atoms with van der Waals surface area (Å²) in [6, 6.07) is 3.95. The molecule has 0 atom stereocenters. The molecule has 2 N–H and O–H groups in total. The van der Waals surface area contributed by atoms with Crippen molar-refractivity contribution >= 4 is 46.6 Å². The summed E-state index contributed by atoms with van der Waals surface area (Å²) in [6.45, 7) is 1.93. The summed E-state index contributed by atoms with van der Waals surface area (Å²) in [5, 5.41) is 2.97. The largest absolute Gasteiger partial charge is 0.399 e. The van der Waals surface area contributed by atoms with E-state index in [1.807, 2.05) is 12.3 Å². The zero-order chi connectivity index (χ0) is 17.3. The predicted octanol–water partition coefficient (Wildman–Crippen LogP) is 4.87. The van der Waals surface area contributed by atoms with Crippen LogP contribution in [0.1, 0.15) is 21.8 Å². The van der Waals surface area contributed by atoms with E-state index < -0.39 is 18.8 Å². The Morgan fingerprint density at radius 1 is 1.39 bits per heavy atom. The molecule has 0 aliphatic rings. The van der Waals surface area contributed by atoms with Crippen LogP contribution in [-0.2, 0) is 21.7 Å². The van der Waals surface area contributed by atoms with Gasteiger partial charge in [-0.1, -0.05) is 28.1 Å². The summed E-state index contributed by atoms with van der Waals surface area (Å²) in [7, 11) is -5.57. The Balaban J connectivity index is 2.06. The van der Waals surface area contributed by atoms with E-state index in [2.05, 4.69) is 20.9 Å². The van der Waals surface area contributed by atoms with Crippen LogP contribution >= 0.6 is 46.6 Å². The van der Waals surface area contributed by atoms with E-state index in [9.17, 15) is 13.3 Å². The average Bonchev–Trinajstić information content (AvgIpc) is 2.83. The number of halogens is 3. The summed E-state index contributed by atoms with van der Waals surface area (Å²) in [5.74, 6) is 1.29. The van der Waals surface area contributed by atoms with Crippen molar-refractivity contribution in [2.75, 3.05) is 0 Å². The van der Waals surface area contributed by atoms with Crippen molar-refractivity contribution < 1.29 is 23.1 Å². The van der Waals surface area contributed by atoms with Gasteiger partial charge in [0.05, 0.1) is 10.7 Å². The molecular formula is C13H13BrF2NO3PS2. The highest BCUT2D eigenvalue weighted by Gasteiger charge is 2.51. The second kappa shape index (κ2) is 7.29. The average molecular weight is 444 g/mol. The van der Waals surface area contributed by atoms with Gasteiger partial charge in [0.25, 0.3) is 0 Å². The van der Waals surface area contributed by atoms with Gasteiger partial charge in [-0.05, 0) is 18.6 Å². The van der Waals surface area contributed by atoms with E-state index in [0.717, 1.165) is 22.3 Å². The van der Waals surface area contributed by atoms with E-state index in [4.69, 9.17) is 9.79 Å². The van der Waals surface area contributed by atoms with Gasteiger partial charge in [0.15, 0.2) is 0 Å². The molecule has 0 spiro atoms. The minimum atomic E-state index is -5.57. The minimum absolute atomic E-state index is 0.0200. The number of aryl methyl sites for hydroxylation is 1. The molecule has 10 heteroatoms. The maximum absolute atomic E-state index is 13.7. The van der Waals surface area contributed by atoms with Crippen molar-refractivity contribution in [3.63, 3.8) is 0 Å². The summed E-state index contributed by atoms with van der Waals surface area (Å²) < 4.78 is 38.4. The second-order valence-corrected chi connectivity index (χ2v) is 9.30. The van der Waals surface area contributed by atoms with Crippen molar-refractivity contribution in [2.24, 2.45) is 0 Å². The Kier molecular flexibility index (Phi) is 6.03. The second-order valence-electron chi connectivity index (χ2n) is 4.75. The third kappa shape index (κ3) is 4.61. The Hall–Kier alpha value is -0.310. The smallest absolute Gasteiger partial charge is 0.320 e. The number of thiazole rings is 1. The molecule has 0 unspecified atom stereocenters. The van der Waals surface area contributed by atoms with E-state index >= 15 is 0 Å². The summed E-state index contributed by atoms with van der Waals surface area (Å²) in [5.41, 5.74) is -3.18. The minimum Gasteiger partial charge on any atom is -0.320 e. The molecule has 0 saturated heterocycles. The highest BCUT2D eigenvalue weighted by molar-refractivity contribution is 9.10. The molecule has 0 aliphatic carbocycles. The first-order valence-electron chi connectivity index (χ1n) is 6.32. The molecule has 0 bridgehead atoms. The van der Waals surface area contributed by atoms with Gasteiger partial charge in [-0.2, -0.15) is 20.5 Å². The van der Waals surface area contributed by atoms with Gasteiger partial charge in [-0.25, -0.2) is 4.98 Å². The molecule has 0 radical (unpaired) electrons. The van der Waals surface area contributed by atoms with Crippen molar-refractivity contribution in [3.05, 3.63) is 49.9 Å². The normalized spacial score (nSPS) is 12.6. The third-order valence-corrected chi connectivity index (χ3v) is 6.40. The van der Waals surface area contributed by atoms with Crippen LogP contribution in [-0.4, -0.2) is 14.8 Å². The Bertz CT molecular complexity index is 751. The fraction of sp³-hybridized carbons (Fsp3) is 0.308. The predicted molar refractivity (Wildman–Crippen MR) is 91.9 cm³/mol. The van der Waals surface area contributed by atoms with E-state index in [0.29, 0.717) is 11.5 Å². The third-order valence-electron chi connectivity index (χ3n) is 2.91. The van der Waals surface area contributed by atoms with Crippen LogP contribution < -0.4 is 0 Å². The van der Waals surface area contributed by atoms with Crippen LogP contribution in [0.15, 0.2) is 28.1 Å². The number of nitrogens with zero attached hydrogens (tertiary/aromatic N) is 1. The number of benzene rings is 1. The van der Waals surface area contributed by atoms with Crippen LogP contribution in [0.4, 0.5) is 8.78 Å². The number of thioether (sulfide) groups is 1. The lowest BCUT2D eigenvalue weighted by Gasteiger charge is -2.19. The molecule has 0 amide bonds. The lowest BCUT2D eigenvalue weighted by atomic mass is 10.1. The van der Waals surface area contributed by atoms with Gasteiger partial charge < -0.3 is 9.79 Å². The van der Waals surface area contributed by atoms with Crippen molar-refractivity contribution in [2.45, 2.75) is 24.1 Å². The number of hydrogen-bond donors (Lipinski definition) is 2. The maximum atomic E-state index is 13.7. The van der Waals surface area contributed by atoms with Crippen molar-refractivity contribution in [1.29, 1.82) is 0 Å². The zero-order valence-corrected chi connectivity index (χ0v) is 16.0. The lowest BCUT2D eigenvalue weighted by Crippen LogP contribution is -2.14. The van der Waals surface area contributed by atoms with E-state index in [-0.39, 0.29) is 4.47 Å². The molecule has 1 heterocycles. The first-order chi connectivity index (χ1) is 10.6. The first kappa shape index (κ1) is 19.0. The molecule has 1 aromatic carbocycles. The van der Waals surface area contributed by atoms with Gasteiger partial charge in [0, 0.05) is 26.9 Å². The van der Waals surface area contributed by atoms with Gasteiger partial charge in [-0.15, -0.1) is 11.3 Å². The number of aromatic nitrogens is 1. The van der Waals surface area contributed by atoms with E-state index in [1.165, 1.54) is 12.1 Å². The molecule has 2 rings (SSSR count). The van der Waals surface area contributed by atoms with Crippen molar-refractivity contribution in [1.82, 2.24) is 4.98 Å². The summed E-state index contributed by atoms with van der Waals surface area (Å²) in [6.07, 6.45) is 0. The van der Waals surface area contributed by atoms with Gasteiger partial charge in [-0.3, -0.25) is 4.57 Å². The van der Waals surface area contributed by atoms with Gasteiger partial charge in [0.2, 0.25) is 0 Å². The number of alkyl halides is 2. The monoisotopic (exact) mass is 443 g/mol. The fourth-order valence-corrected chi connectivity index (χ4v) is 4.73. The van der Waals surface area contributed by atoms with Crippen LogP contribution in [0, 0.1) is 6.92 Å². The molecule has 23 heavy (non-hydrogen) atoms.